The topological polar surface area (TPSA) is 58.6 Å². The Kier molecular flexibility index (Phi) is 8.09. The second kappa shape index (κ2) is 10.1. The van der Waals surface area contributed by atoms with E-state index < -0.39 is 12.7 Å². The monoisotopic (exact) mass is 462 g/mol. The number of ether oxygens (including phenoxy) is 1. The Bertz CT molecular complexity index is 731. The summed E-state index contributed by atoms with van der Waals surface area (Å²) in [6.45, 7) is 0.747. The largest absolute Gasteiger partial charge is 0.434 e. The molecular formula is C18H21BrF2N2O3S. The van der Waals surface area contributed by atoms with Gasteiger partial charge in [0.2, 0.25) is 5.91 Å². The third-order valence-electron chi connectivity index (χ3n) is 3.99. The summed E-state index contributed by atoms with van der Waals surface area (Å²) < 4.78 is 30.3. The predicted molar refractivity (Wildman–Crippen MR) is 105 cm³/mol. The summed E-state index contributed by atoms with van der Waals surface area (Å²) in [5.41, 5.74) is 1.03. The van der Waals surface area contributed by atoms with E-state index in [0.717, 1.165) is 6.42 Å². The highest BCUT2D eigenvalue weighted by Gasteiger charge is 2.34. The van der Waals surface area contributed by atoms with Crippen molar-refractivity contribution >= 4 is 39.5 Å². The van der Waals surface area contributed by atoms with E-state index in [1.165, 1.54) is 17.8 Å². The standard InChI is InChI=1S/C18H21BrF2N2O3S/c1-3-4-11(2)17(25)23-10-27-9-14(23)16(24)22-8-12-7-13(19)5-6-15(12)26-18(20)21/h4-7,14,18H,3,8-10H2,1-2H3,(H,22,24). The van der Waals surface area contributed by atoms with Gasteiger partial charge in [0.1, 0.15) is 11.8 Å². The molecule has 0 radical (unpaired) electrons. The highest BCUT2D eigenvalue weighted by molar-refractivity contribution is 9.10. The van der Waals surface area contributed by atoms with E-state index in [0.29, 0.717) is 27.2 Å². The number of hydrogen-bond donors (Lipinski definition) is 1. The van der Waals surface area contributed by atoms with E-state index in [4.69, 9.17) is 0 Å². The van der Waals surface area contributed by atoms with Crippen LogP contribution in [0, 0.1) is 0 Å². The second-order valence-electron chi connectivity index (χ2n) is 5.93. The van der Waals surface area contributed by atoms with Crippen molar-refractivity contribution in [3.05, 3.63) is 39.9 Å². The fraction of sp³-hybridized carbons (Fsp3) is 0.444. The average Bonchev–Trinajstić information content (AvgIpc) is 3.10. The van der Waals surface area contributed by atoms with E-state index in [2.05, 4.69) is 26.0 Å². The molecule has 1 heterocycles. The third-order valence-corrected chi connectivity index (χ3v) is 5.49. The van der Waals surface area contributed by atoms with Gasteiger partial charge in [-0.2, -0.15) is 8.78 Å². The van der Waals surface area contributed by atoms with E-state index in [1.54, 1.807) is 24.0 Å². The molecular weight excluding hydrogens is 442 g/mol. The number of benzene rings is 1. The quantitative estimate of drug-likeness (QED) is 0.623. The number of allylic oxidation sites excluding steroid dienone is 1. The van der Waals surface area contributed by atoms with Crippen LogP contribution < -0.4 is 10.1 Å². The number of nitrogens with one attached hydrogen (secondary N) is 1. The maximum atomic E-state index is 12.6. The number of carbonyl (C=O) groups is 2. The molecule has 0 bridgehead atoms. The van der Waals surface area contributed by atoms with Gasteiger partial charge >= 0.3 is 6.61 Å². The van der Waals surface area contributed by atoms with Crippen molar-refractivity contribution in [3.63, 3.8) is 0 Å². The summed E-state index contributed by atoms with van der Waals surface area (Å²) in [4.78, 5) is 26.6. The molecule has 1 aromatic rings. The molecule has 0 spiro atoms. The van der Waals surface area contributed by atoms with Crippen molar-refractivity contribution in [1.82, 2.24) is 10.2 Å². The molecule has 1 N–H and O–H groups in total. The smallest absolute Gasteiger partial charge is 0.387 e. The van der Waals surface area contributed by atoms with Crippen molar-refractivity contribution in [2.75, 3.05) is 11.6 Å². The minimum Gasteiger partial charge on any atom is -0.434 e. The van der Waals surface area contributed by atoms with Gasteiger partial charge < -0.3 is 15.0 Å². The van der Waals surface area contributed by atoms with Gasteiger partial charge in [-0.1, -0.05) is 28.9 Å². The van der Waals surface area contributed by atoms with Gasteiger partial charge in [-0.3, -0.25) is 9.59 Å². The van der Waals surface area contributed by atoms with E-state index in [1.807, 2.05) is 13.0 Å². The van der Waals surface area contributed by atoms with Crippen LogP contribution in [0.5, 0.6) is 5.75 Å². The van der Waals surface area contributed by atoms with Crippen LogP contribution in [0.25, 0.3) is 0 Å². The van der Waals surface area contributed by atoms with Crippen LogP contribution in [0.15, 0.2) is 34.3 Å². The molecule has 27 heavy (non-hydrogen) atoms. The number of halogens is 3. The summed E-state index contributed by atoms with van der Waals surface area (Å²) in [5.74, 6) is 0.467. The molecule has 1 aromatic carbocycles. The lowest BCUT2D eigenvalue weighted by atomic mass is 10.1. The number of rotatable bonds is 7. The Balaban J connectivity index is 2.06. The summed E-state index contributed by atoms with van der Waals surface area (Å²) >= 11 is 4.78. The Morgan fingerprint density at radius 2 is 2.22 bits per heavy atom. The van der Waals surface area contributed by atoms with Crippen molar-refractivity contribution in [3.8, 4) is 5.75 Å². The molecule has 0 aromatic heterocycles. The highest BCUT2D eigenvalue weighted by Crippen LogP contribution is 2.26. The zero-order valence-corrected chi connectivity index (χ0v) is 17.4. The lowest BCUT2D eigenvalue weighted by Gasteiger charge is -2.23. The van der Waals surface area contributed by atoms with Crippen LogP contribution in [0.4, 0.5) is 8.78 Å². The summed E-state index contributed by atoms with van der Waals surface area (Å²) in [6, 6.07) is 4.02. The molecule has 9 heteroatoms. The van der Waals surface area contributed by atoms with E-state index in [9.17, 15) is 18.4 Å². The van der Waals surface area contributed by atoms with Crippen LogP contribution in [0.1, 0.15) is 25.8 Å². The molecule has 2 rings (SSSR count). The molecule has 2 amide bonds. The molecule has 0 aliphatic carbocycles. The first-order valence-electron chi connectivity index (χ1n) is 8.39. The Labute approximate surface area is 169 Å². The van der Waals surface area contributed by atoms with Gasteiger partial charge in [0.25, 0.3) is 5.91 Å². The second-order valence-corrected chi connectivity index (χ2v) is 7.85. The van der Waals surface area contributed by atoms with Gasteiger partial charge in [0.05, 0.1) is 5.88 Å². The molecule has 1 fully saturated rings. The van der Waals surface area contributed by atoms with Crippen molar-refractivity contribution in [2.24, 2.45) is 0 Å². The number of amides is 2. The predicted octanol–water partition coefficient (Wildman–Crippen LogP) is 3.92. The Hall–Kier alpha value is -1.61. The van der Waals surface area contributed by atoms with Crippen LogP contribution in [-0.4, -0.2) is 41.0 Å². The first-order chi connectivity index (χ1) is 12.8. The third kappa shape index (κ3) is 5.93. The summed E-state index contributed by atoms with van der Waals surface area (Å²) in [7, 11) is 0. The van der Waals surface area contributed by atoms with E-state index >= 15 is 0 Å². The van der Waals surface area contributed by atoms with Crippen LogP contribution in [0.3, 0.4) is 0 Å². The number of hydrogen-bond acceptors (Lipinski definition) is 4. The molecule has 1 saturated heterocycles. The number of thioether (sulfide) groups is 1. The van der Waals surface area contributed by atoms with Crippen molar-refractivity contribution < 1.29 is 23.1 Å². The maximum absolute atomic E-state index is 12.6. The maximum Gasteiger partial charge on any atom is 0.387 e. The lowest BCUT2D eigenvalue weighted by molar-refractivity contribution is -0.135. The molecule has 1 atom stereocenters. The zero-order valence-electron chi connectivity index (χ0n) is 15.0. The normalized spacial score (nSPS) is 17.3. The fourth-order valence-electron chi connectivity index (χ4n) is 2.68. The number of nitrogens with zero attached hydrogens (tertiary/aromatic N) is 1. The highest BCUT2D eigenvalue weighted by atomic mass is 79.9. The van der Waals surface area contributed by atoms with Gasteiger partial charge in [-0.15, -0.1) is 11.8 Å². The number of carbonyl (C=O) groups excluding carboxylic acids is 2. The average molecular weight is 463 g/mol. The molecule has 1 aliphatic rings. The molecule has 0 saturated carbocycles. The summed E-state index contributed by atoms with van der Waals surface area (Å²) in [5, 5.41) is 2.73. The fourth-order valence-corrected chi connectivity index (χ4v) is 4.24. The van der Waals surface area contributed by atoms with Crippen LogP contribution in [0.2, 0.25) is 0 Å². The molecule has 1 aliphatic heterocycles. The summed E-state index contributed by atoms with van der Waals surface area (Å²) in [6.07, 6.45) is 2.57. The minimum absolute atomic E-state index is 0.00366. The van der Waals surface area contributed by atoms with E-state index in [-0.39, 0.29) is 24.1 Å². The molecule has 148 valence electrons. The van der Waals surface area contributed by atoms with Crippen molar-refractivity contribution in [2.45, 2.75) is 39.5 Å². The molecule has 1 unspecified atom stereocenters. The van der Waals surface area contributed by atoms with Gasteiger partial charge in [0, 0.05) is 27.9 Å². The Morgan fingerprint density at radius 3 is 2.89 bits per heavy atom. The minimum atomic E-state index is -2.95. The lowest BCUT2D eigenvalue weighted by Crippen LogP contribution is -2.47. The van der Waals surface area contributed by atoms with Gasteiger partial charge in [-0.05, 0) is 31.5 Å². The SMILES string of the molecule is CCC=C(C)C(=O)N1CSCC1C(=O)NCc1cc(Br)ccc1OC(F)F. The first kappa shape index (κ1) is 21.7. The zero-order chi connectivity index (χ0) is 20.0. The molecule has 5 nitrogen and oxygen atoms in total. The first-order valence-corrected chi connectivity index (χ1v) is 10.3. The van der Waals surface area contributed by atoms with Crippen molar-refractivity contribution in [1.29, 1.82) is 0 Å². The number of alkyl halides is 2. The van der Waals surface area contributed by atoms with Crippen LogP contribution >= 0.6 is 27.7 Å². The van der Waals surface area contributed by atoms with Gasteiger partial charge in [0.15, 0.2) is 0 Å². The van der Waals surface area contributed by atoms with Gasteiger partial charge in [-0.25, -0.2) is 0 Å². The Morgan fingerprint density at radius 1 is 1.48 bits per heavy atom. The van der Waals surface area contributed by atoms with Crippen LogP contribution in [-0.2, 0) is 16.1 Å².